The Morgan fingerprint density at radius 2 is 1.00 bits per heavy atom. The minimum atomic E-state index is -0.933. The van der Waals surface area contributed by atoms with Crippen molar-refractivity contribution < 1.29 is 56.5 Å². The Bertz CT molecular complexity index is 234. The Hall–Kier alpha value is 0.113. The van der Waals surface area contributed by atoms with Crippen molar-refractivity contribution in [1.29, 1.82) is 0 Å². The molecule has 0 aromatic rings. The molecular formula is C22H50N2O6Zr. The van der Waals surface area contributed by atoms with Gasteiger partial charge in [0.05, 0.1) is 0 Å². The molecule has 0 aliphatic rings. The van der Waals surface area contributed by atoms with E-state index in [0.717, 1.165) is 64.2 Å². The topological polar surface area (TPSA) is 182 Å². The Kier molecular flexibility index (Phi) is 75.3. The maximum atomic E-state index is 10.1. The number of carboxylic acids is 1. The van der Waals surface area contributed by atoms with Crippen molar-refractivity contribution in [3.8, 4) is 0 Å². The predicted octanol–water partition coefficient (Wildman–Crippen LogP) is 0.112. The Morgan fingerprint density at radius 3 is 1.13 bits per heavy atom. The van der Waals surface area contributed by atoms with Gasteiger partial charge in [0.1, 0.15) is 6.04 Å². The van der Waals surface area contributed by atoms with E-state index in [1.165, 1.54) is 0 Å². The molecule has 0 aliphatic carbocycles. The molecule has 0 amide bonds. The second-order valence-electron chi connectivity index (χ2n) is 6.46. The van der Waals surface area contributed by atoms with Gasteiger partial charge in [-0.2, -0.15) is 0 Å². The van der Waals surface area contributed by atoms with E-state index in [-0.39, 0.29) is 52.6 Å². The summed E-state index contributed by atoms with van der Waals surface area (Å²) in [6.45, 7) is 9.03. The third-order valence-electron chi connectivity index (χ3n) is 3.28. The molecule has 0 radical (unpaired) electrons. The fourth-order valence-corrected chi connectivity index (χ4v) is 1.21. The fraction of sp³-hybridized carbons (Fsp3) is 0.955. The number of carbonyl (C=O) groups is 1. The van der Waals surface area contributed by atoms with Gasteiger partial charge >= 0.3 is 32.2 Å². The number of rotatable bonds is 13. The summed E-state index contributed by atoms with van der Waals surface area (Å²) in [7, 11) is 0. The zero-order valence-corrected chi connectivity index (χ0v) is 23.0. The van der Waals surface area contributed by atoms with Crippen LogP contribution in [0.1, 0.15) is 98.3 Å². The van der Waals surface area contributed by atoms with Crippen LogP contribution in [0.4, 0.5) is 0 Å². The van der Waals surface area contributed by atoms with Crippen LogP contribution in [0.3, 0.4) is 0 Å². The predicted molar refractivity (Wildman–Crippen MR) is 118 cm³/mol. The maximum Gasteiger partial charge on any atom is 4.00 e. The number of unbranched alkanes of at least 4 members (excludes halogenated alkanes) is 5. The molecule has 0 spiro atoms. The summed E-state index contributed by atoms with van der Waals surface area (Å²) >= 11 is 0. The van der Waals surface area contributed by atoms with Crippen LogP contribution in [-0.2, 0) is 31.0 Å². The van der Waals surface area contributed by atoms with Crippen LogP contribution >= 0.6 is 0 Å². The molecule has 0 rings (SSSR count). The number of hydrogen-bond donors (Lipinski definition) is 3. The van der Waals surface area contributed by atoms with Gasteiger partial charge in [0.25, 0.3) is 0 Å². The molecule has 0 bridgehead atoms. The van der Waals surface area contributed by atoms with Gasteiger partial charge in [-0.25, -0.2) is 0 Å². The molecule has 1 atom stereocenters. The monoisotopic (exact) mass is 528 g/mol. The summed E-state index contributed by atoms with van der Waals surface area (Å²) in [5.74, 6) is -0.933. The first-order valence-corrected chi connectivity index (χ1v) is 11.3. The molecular weight excluding hydrogens is 479 g/mol. The van der Waals surface area contributed by atoms with Crippen molar-refractivity contribution in [2.24, 2.45) is 11.5 Å². The first-order valence-electron chi connectivity index (χ1n) is 11.3. The summed E-state index contributed by atoms with van der Waals surface area (Å²) in [4.78, 5) is 10.1. The van der Waals surface area contributed by atoms with E-state index < -0.39 is 12.0 Å². The molecule has 0 fully saturated rings. The van der Waals surface area contributed by atoms with Crippen LogP contribution in [-0.4, -0.2) is 50.1 Å². The summed E-state index contributed by atoms with van der Waals surface area (Å²) in [5.41, 5.74) is 10.4. The van der Waals surface area contributed by atoms with E-state index in [9.17, 15) is 25.2 Å². The maximum absolute atomic E-state index is 10.1. The molecule has 0 aromatic carbocycles. The Morgan fingerprint density at radius 1 is 0.710 bits per heavy atom. The van der Waals surface area contributed by atoms with Gasteiger partial charge in [-0.1, -0.05) is 85.5 Å². The molecule has 0 aliphatic heterocycles. The first kappa shape index (κ1) is 44.7. The van der Waals surface area contributed by atoms with Crippen LogP contribution in [0, 0.1) is 0 Å². The fourth-order valence-electron chi connectivity index (χ4n) is 1.21. The van der Waals surface area contributed by atoms with Crippen molar-refractivity contribution in [2.75, 3.05) is 33.0 Å². The summed E-state index contributed by atoms with van der Waals surface area (Å²) in [6.07, 6.45) is 9.62. The molecule has 0 aromatic heterocycles. The third-order valence-corrected chi connectivity index (χ3v) is 3.28. The van der Waals surface area contributed by atoms with E-state index in [1.54, 1.807) is 0 Å². The minimum absolute atomic E-state index is 0. The van der Waals surface area contributed by atoms with Crippen LogP contribution in [0.25, 0.3) is 0 Å². The average Bonchev–Trinajstić information content (AvgIpc) is 2.72. The second-order valence-corrected chi connectivity index (χ2v) is 6.46. The van der Waals surface area contributed by atoms with Gasteiger partial charge in [0, 0.05) is 0 Å². The molecule has 0 saturated heterocycles. The summed E-state index contributed by atoms with van der Waals surface area (Å²) in [5, 5.41) is 46.4. The van der Waals surface area contributed by atoms with E-state index in [4.69, 9.17) is 16.6 Å². The number of carboxylic acid groups (broad SMARTS) is 1. The van der Waals surface area contributed by atoms with Gasteiger partial charge in [-0.15, -0.1) is 26.4 Å². The van der Waals surface area contributed by atoms with Crippen molar-refractivity contribution >= 4 is 5.97 Å². The normalized spacial score (nSPS) is 9.61. The number of nitrogens with two attached hydrogens (primary N) is 2. The molecule has 0 unspecified atom stereocenters. The molecule has 188 valence electrons. The van der Waals surface area contributed by atoms with E-state index in [1.807, 2.05) is 27.7 Å². The van der Waals surface area contributed by atoms with Crippen LogP contribution in [0.5, 0.6) is 0 Å². The molecule has 9 heteroatoms. The Balaban J connectivity index is -0.0000000652. The molecule has 8 nitrogen and oxygen atoms in total. The van der Waals surface area contributed by atoms with E-state index in [0.29, 0.717) is 13.0 Å². The third kappa shape index (κ3) is 81.3. The van der Waals surface area contributed by atoms with Gasteiger partial charge in [0.2, 0.25) is 0 Å². The first-order chi connectivity index (χ1) is 14.3. The molecule has 5 N–H and O–H groups in total. The van der Waals surface area contributed by atoms with E-state index >= 15 is 0 Å². The van der Waals surface area contributed by atoms with Crippen LogP contribution in [0.2, 0.25) is 0 Å². The largest absolute Gasteiger partial charge is 4.00 e. The van der Waals surface area contributed by atoms with Crippen LogP contribution < -0.4 is 31.9 Å². The number of hydrogen-bond acceptors (Lipinski definition) is 7. The zero-order valence-electron chi connectivity index (χ0n) is 20.5. The molecule has 31 heavy (non-hydrogen) atoms. The zero-order chi connectivity index (χ0) is 24.5. The van der Waals surface area contributed by atoms with Crippen molar-refractivity contribution in [2.45, 2.75) is 104 Å². The summed E-state index contributed by atoms with van der Waals surface area (Å²) in [6, 6.07) is -0.716. The quantitative estimate of drug-likeness (QED) is 0.281. The average molecular weight is 530 g/mol. The Labute approximate surface area is 210 Å². The second kappa shape index (κ2) is 52.2. The van der Waals surface area contributed by atoms with Gasteiger partial charge in [-0.05, 0) is 19.4 Å². The van der Waals surface area contributed by atoms with Crippen molar-refractivity contribution in [3.05, 3.63) is 0 Å². The van der Waals surface area contributed by atoms with E-state index in [2.05, 4.69) is 0 Å². The number of aliphatic carboxylic acids is 1. The van der Waals surface area contributed by atoms with Gasteiger partial charge < -0.3 is 37.0 Å². The van der Waals surface area contributed by atoms with Gasteiger partial charge in [-0.3, -0.25) is 4.79 Å². The van der Waals surface area contributed by atoms with Crippen molar-refractivity contribution in [1.82, 2.24) is 0 Å². The minimum Gasteiger partial charge on any atom is -0.854 e. The van der Waals surface area contributed by atoms with Crippen molar-refractivity contribution in [3.63, 3.8) is 0 Å². The van der Waals surface area contributed by atoms with Crippen LogP contribution in [0.15, 0.2) is 0 Å². The summed E-state index contributed by atoms with van der Waals surface area (Å²) < 4.78 is 0. The standard InChI is InChI=1S/C6H14N2O2.4C4H9O.Zr/c7-4-2-1-3-5(8)6(9)10;4*1-2-3-4-5;/h5H,1-4,7-8H2,(H,9,10);4*2-4H2,1H3;/q;4*-1;+4/t5-;;;;;/m0...../s1. The molecule has 0 saturated carbocycles. The van der Waals surface area contributed by atoms with Gasteiger partial charge in [0.15, 0.2) is 0 Å². The smallest absolute Gasteiger partial charge is 0.854 e. The molecule has 0 heterocycles. The SMILES string of the molecule is CCCC[O-].CCCC[O-].CCCC[O-].CCCC[O-].NCCCC[C@H](N)C(=O)O.[Zr+4].